The Balaban J connectivity index is 0.846. The lowest BCUT2D eigenvalue weighted by molar-refractivity contribution is 0.556. The van der Waals surface area contributed by atoms with Gasteiger partial charge in [0.25, 0.3) is 0 Å². The molecule has 0 saturated carbocycles. The number of benzene rings is 6. The van der Waals surface area contributed by atoms with E-state index < -0.39 is 0 Å². The molecular formula is C60H52N2. The maximum absolute atomic E-state index is 2.62. The topological polar surface area (TPSA) is 6.48 Å². The summed E-state index contributed by atoms with van der Waals surface area (Å²) < 4.78 is 0. The van der Waals surface area contributed by atoms with E-state index in [-0.39, 0.29) is 10.8 Å². The molecule has 6 aromatic carbocycles. The molecule has 2 heteroatoms. The molecule has 0 N–H and O–H groups in total. The van der Waals surface area contributed by atoms with Crippen molar-refractivity contribution in [2.24, 2.45) is 0 Å². The predicted octanol–water partition coefficient (Wildman–Crippen LogP) is 15.4. The van der Waals surface area contributed by atoms with Crippen molar-refractivity contribution in [1.29, 1.82) is 0 Å². The third kappa shape index (κ3) is 5.35. The predicted molar refractivity (Wildman–Crippen MR) is 260 cm³/mol. The van der Waals surface area contributed by atoms with Gasteiger partial charge in [-0.25, -0.2) is 0 Å². The lowest BCUT2D eigenvalue weighted by Crippen LogP contribution is -2.29. The van der Waals surface area contributed by atoms with Crippen LogP contribution in [-0.4, -0.2) is 6.54 Å². The number of fused-ring (bicyclic) bond motifs is 10. The molecule has 2 aliphatic heterocycles. The number of nitrogens with zero attached hydrogens (tertiary/aromatic N) is 2. The number of hydrogen-bond acceptors (Lipinski definition) is 2. The smallest absolute Gasteiger partial charge is 0.0497 e. The average Bonchev–Trinajstić information content (AvgIpc) is 3.91. The number of allylic oxidation sites excluding steroid dienone is 8. The quantitative estimate of drug-likeness (QED) is 0.164. The Hall–Kier alpha value is -6.38. The zero-order valence-electron chi connectivity index (χ0n) is 36.0. The second-order valence-corrected chi connectivity index (χ2v) is 19.5. The average molecular weight is 801 g/mol. The van der Waals surface area contributed by atoms with Gasteiger partial charge in [-0.2, -0.15) is 0 Å². The van der Waals surface area contributed by atoms with Crippen LogP contribution in [0.15, 0.2) is 168 Å². The first-order valence-electron chi connectivity index (χ1n) is 23.2. The van der Waals surface area contributed by atoms with Crippen LogP contribution in [0.3, 0.4) is 0 Å². The molecule has 302 valence electrons. The molecule has 0 aromatic heterocycles. The van der Waals surface area contributed by atoms with E-state index in [1.54, 1.807) is 22.4 Å². The largest absolute Gasteiger partial charge is 0.345 e. The van der Waals surface area contributed by atoms with E-state index in [0.717, 1.165) is 45.1 Å². The zero-order valence-corrected chi connectivity index (χ0v) is 36.0. The lowest BCUT2D eigenvalue weighted by atomic mass is 9.74. The first-order chi connectivity index (χ1) is 30.4. The van der Waals surface area contributed by atoms with Crippen LogP contribution < -0.4 is 9.80 Å². The molecule has 2 nitrogen and oxygen atoms in total. The summed E-state index contributed by atoms with van der Waals surface area (Å²) >= 11 is 0. The minimum atomic E-state index is -0.0735. The maximum atomic E-state index is 2.62. The molecule has 0 saturated heterocycles. The van der Waals surface area contributed by atoms with E-state index in [1.165, 1.54) is 109 Å². The van der Waals surface area contributed by atoms with Crippen LogP contribution >= 0.6 is 0 Å². The summed E-state index contributed by atoms with van der Waals surface area (Å²) in [7, 11) is 0. The van der Waals surface area contributed by atoms with Crippen LogP contribution in [-0.2, 0) is 17.3 Å². The molecule has 7 aliphatic rings. The van der Waals surface area contributed by atoms with E-state index in [2.05, 4.69) is 181 Å². The van der Waals surface area contributed by atoms with Gasteiger partial charge in [0.05, 0.1) is 0 Å². The Bertz CT molecular complexity index is 3030. The number of anilines is 4. The van der Waals surface area contributed by atoms with Crippen molar-refractivity contribution in [3.8, 4) is 22.3 Å². The Morgan fingerprint density at radius 2 is 1.11 bits per heavy atom. The molecule has 13 rings (SSSR count). The van der Waals surface area contributed by atoms with E-state index in [0.29, 0.717) is 0 Å². The van der Waals surface area contributed by atoms with E-state index >= 15 is 0 Å². The summed E-state index contributed by atoms with van der Waals surface area (Å²) in [6.45, 7) is 5.97. The number of para-hydroxylation sites is 2. The Kier molecular flexibility index (Phi) is 7.94. The molecule has 1 unspecified atom stereocenters. The molecule has 1 atom stereocenters. The fraction of sp³-hybridized carbons (Fsp3) is 0.233. The van der Waals surface area contributed by atoms with Crippen LogP contribution in [0.1, 0.15) is 110 Å². The molecular weight excluding hydrogens is 749 g/mol. The van der Waals surface area contributed by atoms with Crippen molar-refractivity contribution >= 4 is 34.9 Å². The summed E-state index contributed by atoms with van der Waals surface area (Å²) in [6.07, 6.45) is 24.5. The zero-order chi connectivity index (χ0) is 41.2. The third-order valence-electron chi connectivity index (χ3n) is 15.7. The van der Waals surface area contributed by atoms with Crippen LogP contribution in [0.2, 0.25) is 0 Å². The molecule has 0 radical (unpaired) electrons. The van der Waals surface area contributed by atoms with Gasteiger partial charge in [-0.15, -0.1) is 0 Å². The summed E-state index contributed by atoms with van der Waals surface area (Å²) in [6, 6.07) is 47.1. The van der Waals surface area contributed by atoms with Gasteiger partial charge in [0.15, 0.2) is 0 Å². The number of hydrogen-bond donors (Lipinski definition) is 0. The summed E-state index contributed by atoms with van der Waals surface area (Å²) in [4.78, 5) is 5.14. The van der Waals surface area contributed by atoms with Crippen molar-refractivity contribution < 1.29 is 0 Å². The first-order valence-corrected chi connectivity index (χ1v) is 23.2. The highest BCUT2D eigenvalue weighted by atomic mass is 15.2. The standard InChI is InChI=1S/C60H52N2/c1-59(2)52-32-39(23-27-48(52)49-29-25-46(35-53(49)59)61-31-11-17-41-12-5-8-18-56(41)61)21-22-40-24-28-50-51-30-26-47(62-57-19-9-6-13-42(57)34-43-14-7-10-20-58(43)62)36-55(51)60(54(50)33-40)37-44-15-3-4-16-45(44)38-60/h3,5-7,9-10,12-15,19-30,32-33,35-36H,4,8,11,16-18,31,34,37-38H2,1-2H3/b22-21+. The van der Waals surface area contributed by atoms with Gasteiger partial charge in [-0.1, -0.05) is 141 Å². The van der Waals surface area contributed by atoms with Gasteiger partial charge in [-0.05, 0) is 166 Å². The molecule has 2 heterocycles. The van der Waals surface area contributed by atoms with Crippen molar-refractivity contribution in [2.45, 2.75) is 82.5 Å². The fourth-order valence-corrected chi connectivity index (χ4v) is 12.7. The molecule has 5 aliphatic carbocycles. The van der Waals surface area contributed by atoms with Crippen molar-refractivity contribution in [3.05, 3.63) is 213 Å². The van der Waals surface area contributed by atoms with Crippen molar-refractivity contribution in [3.63, 3.8) is 0 Å². The van der Waals surface area contributed by atoms with Crippen LogP contribution in [0, 0.1) is 0 Å². The summed E-state index contributed by atoms with van der Waals surface area (Å²) in [5.41, 5.74) is 28.1. The summed E-state index contributed by atoms with van der Waals surface area (Å²) in [5.74, 6) is 0. The van der Waals surface area contributed by atoms with Crippen molar-refractivity contribution in [2.75, 3.05) is 16.3 Å². The SMILES string of the molecule is CC1(C)c2cc(/C=C/c3ccc4c(c3)C3(CC5=C(CCC=C5)C3)c3cc(N5c6ccccc6Cc6ccccc65)ccc3-4)ccc2-c2ccc(N3CCCC4=C3CCC=C4)cc21. The second kappa shape index (κ2) is 13.6. The molecule has 0 amide bonds. The van der Waals surface area contributed by atoms with Crippen LogP contribution in [0.25, 0.3) is 34.4 Å². The molecule has 62 heavy (non-hydrogen) atoms. The van der Waals surface area contributed by atoms with Gasteiger partial charge in [0, 0.05) is 52.2 Å². The van der Waals surface area contributed by atoms with E-state index in [9.17, 15) is 0 Å². The van der Waals surface area contributed by atoms with Gasteiger partial charge in [-0.3, -0.25) is 0 Å². The number of rotatable bonds is 4. The van der Waals surface area contributed by atoms with Gasteiger partial charge in [0.2, 0.25) is 0 Å². The molecule has 0 fully saturated rings. The normalized spacial score (nSPS) is 20.9. The van der Waals surface area contributed by atoms with E-state index in [4.69, 9.17) is 0 Å². The molecule has 1 spiro atoms. The maximum Gasteiger partial charge on any atom is 0.0497 e. The Morgan fingerprint density at radius 3 is 1.84 bits per heavy atom. The van der Waals surface area contributed by atoms with E-state index in [1.807, 2.05) is 0 Å². The minimum absolute atomic E-state index is 0.0685. The van der Waals surface area contributed by atoms with Gasteiger partial charge >= 0.3 is 0 Å². The van der Waals surface area contributed by atoms with Gasteiger partial charge < -0.3 is 9.80 Å². The second-order valence-electron chi connectivity index (χ2n) is 19.5. The minimum Gasteiger partial charge on any atom is -0.345 e. The van der Waals surface area contributed by atoms with Gasteiger partial charge in [0.1, 0.15) is 0 Å². The van der Waals surface area contributed by atoms with Crippen LogP contribution in [0.4, 0.5) is 22.7 Å². The molecule has 6 aromatic rings. The van der Waals surface area contributed by atoms with Crippen molar-refractivity contribution in [1.82, 2.24) is 0 Å². The molecule has 0 bridgehead atoms. The first kappa shape index (κ1) is 36.3. The van der Waals surface area contributed by atoms with Crippen LogP contribution in [0.5, 0.6) is 0 Å². The lowest BCUT2D eigenvalue weighted by Gasteiger charge is -2.35. The highest BCUT2D eigenvalue weighted by molar-refractivity contribution is 5.90. The highest BCUT2D eigenvalue weighted by Gasteiger charge is 2.48. The fourth-order valence-electron chi connectivity index (χ4n) is 12.7. The Labute approximate surface area is 367 Å². The third-order valence-corrected chi connectivity index (χ3v) is 15.7. The monoisotopic (exact) mass is 800 g/mol. The highest BCUT2D eigenvalue weighted by Crippen LogP contribution is 2.61. The summed E-state index contributed by atoms with van der Waals surface area (Å²) in [5, 5.41) is 0. The Morgan fingerprint density at radius 1 is 0.532 bits per heavy atom.